The van der Waals surface area contributed by atoms with Crippen LogP contribution in [0.15, 0.2) is 36.4 Å². The van der Waals surface area contributed by atoms with E-state index in [1.54, 1.807) is 6.07 Å². The topological polar surface area (TPSA) is 49.4 Å². The van der Waals surface area contributed by atoms with Crippen molar-refractivity contribution in [3.63, 3.8) is 0 Å². The molecule has 3 rings (SSSR count). The molecule has 0 saturated heterocycles. The van der Waals surface area contributed by atoms with Crippen LogP contribution in [0, 0.1) is 6.92 Å². The molecular weight excluding hydrogens is 460 g/mol. The van der Waals surface area contributed by atoms with Crippen molar-refractivity contribution in [1.82, 2.24) is 9.29 Å². The van der Waals surface area contributed by atoms with Crippen LogP contribution in [-0.4, -0.2) is 29.7 Å². The van der Waals surface area contributed by atoms with E-state index in [9.17, 15) is 13.2 Å². The van der Waals surface area contributed by atoms with Gasteiger partial charge in [-0.15, -0.1) is 13.2 Å². The minimum absolute atomic E-state index is 0.180. The Labute approximate surface area is 185 Å². The lowest BCUT2D eigenvalue weighted by molar-refractivity contribution is -0.274. The number of nitrogens with zero attached hydrogens (tertiary/aromatic N) is 2. The Bertz CT molecular complexity index is 1080. The number of nitrogens with one attached hydrogen (secondary N) is 2. The average Bonchev–Trinajstić information content (AvgIpc) is 2.63. The van der Waals surface area contributed by atoms with Gasteiger partial charge in [-0.2, -0.15) is 0 Å². The number of hydrogen-bond acceptors (Lipinski definition) is 6. The number of halogens is 5. The molecule has 160 valence electrons. The number of ether oxygens (including phenoxy) is 1. The molecule has 0 saturated carbocycles. The van der Waals surface area contributed by atoms with Crippen molar-refractivity contribution in [2.45, 2.75) is 13.3 Å². The molecule has 1 heterocycles. The molecule has 0 amide bonds. The Morgan fingerprint density at radius 2 is 1.80 bits per heavy atom. The Morgan fingerprint density at radius 1 is 1.07 bits per heavy atom. The fourth-order valence-corrected chi connectivity index (χ4v) is 3.49. The number of alkyl halides is 3. The molecule has 0 aliphatic carbocycles. The number of aryl methyl sites for hydroxylation is 1. The molecule has 0 spiro atoms. The molecule has 1 aromatic heterocycles. The molecule has 0 radical (unpaired) electrons. The van der Waals surface area contributed by atoms with E-state index >= 15 is 0 Å². The highest BCUT2D eigenvalue weighted by molar-refractivity contribution is 7.98. The molecule has 5 nitrogen and oxygen atoms in total. The molecule has 0 bridgehead atoms. The molecule has 0 aliphatic rings. The minimum Gasteiger partial charge on any atom is -0.404 e. The summed E-state index contributed by atoms with van der Waals surface area (Å²) in [6.45, 7) is 1.86. The number of hydrogen-bond donors (Lipinski definition) is 2. The first-order valence-corrected chi connectivity index (χ1v) is 10.1. The van der Waals surface area contributed by atoms with Gasteiger partial charge in [0.1, 0.15) is 11.6 Å². The molecule has 2 N–H and O–H groups in total. The van der Waals surface area contributed by atoms with E-state index < -0.39 is 12.1 Å². The fourth-order valence-electron chi connectivity index (χ4n) is 2.60. The van der Waals surface area contributed by atoms with Crippen LogP contribution in [0.5, 0.6) is 5.75 Å². The Balaban J connectivity index is 1.92. The second-order valence-electron chi connectivity index (χ2n) is 6.47. The van der Waals surface area contributed by atoms with Crippen LogP contribution in [0.3, 0.4) is 0 Å². The van der Waals surface area contributed by atoms with E-state index in [1.807, 2.05) is 37.5 Å². The van der Waals surface area contributed by atoms with Crippen LogP contribution in [0.4, 0.5) is 30.4 Å². The van der Waals surface area contributed by atoms with Gasteiger partial charge in [-0.05, 0) is 63.0 Å². The number of pyridine rings is 1. The monoisotopic (exact) mass is 476 g/mol. The smallest absolute Gasteiger partial charge is 0.404 e. The number of rotatable bonds is 6. The van der Waals surface area contributed by atoms with Crippen molar-refractivity contribution in [2.24, 2.45) is 0 Å². The summed E-state index contributed by atoms with van der Waals surface area (Å²) in [7, 11) is 3.83. The number of fused-ring (bicyclic) bond motifs is 1. The molecule has 3 aromatic rings. The summed E-state index contributed by atoms with van der Waals surface area (Å²) >= 11 is 13.7. The summed E-state index contributed by atoms with van der Waals surface area (Å²) in [5.41, 5.74) is 2.71. The lowest BCUT2D eigenvalue weighted by Crippen LogP contribution is -2.17. The summed E-state index contributed by atoms with van der Waals surface area (Å²) in [6.07, 6.45) is -4.82. The number of aromatic nitrogens is 1. The summed E-state index contributed by atoms with van der Waals surface area (Å²) in [5.74, 6) is 0.0254. The van der Waals surface area contributed by atoms with Gasteiger partial charge in [-0.25, -0.2) is 9.29 Å². The maximum absolute atomic E-state index is 12.4. The van der Waals surface area contributed by atoms with Crippen molar-refractivity contribution in [2.75, 3.05) is 24.1 Å². The maximum atomic E-state index is 12.4. The second-order valence-corrected chi connectivity index (χ2v) is 8.40. The SMILES string of the molecule is Cc1cc2c(NSN(C)C)ccc(Cl)c2nc1Nc1ccc(OC(F)(F)F)c(Cl)c1. The van der Waals surface area contributed by atoms with E-state index in [0.717, 1.165) is 22.7 Å². The molecule has 0 unspecified atom stereocenters. The lowest BCUT2D eigenvalue weighted by atomic mass is 10.1. The third kappa shape index (κ3) is 5.54. The summed E-state index contributed by atoms with van der Waals surface area (Å²) in [6, 6.07) is 9.44. The van der Waals surface area contributed by atoms with Gasteiger partial charge in [0.05, 0.1) is 21.2 Å². The normalized spacial score (nSPS) is 11.8. The van der Waals surface area contributed by atoms with Gasteiger partial charge in [0.25, 0.3) is 0 Å². The van der Waals surface area contributed by atoms with Gasteiger partial charge in [0, 0.05) is 23.2 Å². The zero-order valence-electron chi connectivity index (χ0n) is 16.1. The highest BCUT2D eigenvalue weighted by Gasteiger charge is 2.32. The van der Waals surface area contributed by atoms with Gasteiger partial charge in [0.2, 0.25) is 0 Å². The van der Waals surface area contributed by atoms with Crippen LogP contribution >= 0.6 is 35.3 Å². The molecule has 0 aliphatic heterocycles. The van der Waals surface area contributed by atoms with Gasteiger partial charge in [0.15, 0.2) is 0 Å². The van der Waals surface area contributed by atoms with E-state index in [4.69, 9.17) is 23.2 Å². The second kappa shape index (κ2) is 8.97. The zero-order valence-corrected chi connectivity index (χ0v) is 18.4. The van der Waals surface area contributed by atoms with Crippen molar-refractivity contribution in [3.05, 3.63) is 52.0 Å². The predicted molar refractivity (Wildman–Crippen MR) is 118 cm³/mol. The lowest BCUT2D eigenvalue weighted by Gasteiger charge is -2.16. The molecule has 2 aromatic carbocycles. The van der Waals surface area contributed by atoms with Crippen molar-refractivity contribution >= 4 is 63.4 Å². The first-order chi connectivity index (χ1) is 14.0. The van der Waals surface area contributed by atoms with Gasteiger partial charge < -0.3 is 14.8 Å². The zero-order chi connectivity index (χ0) is 22.1. The number of benzene rings is 2. The number of anilines is 3. The fraction of sp³-hybridized carbons (Fsp3) is 0.211. The van der Waals surface area contributed by atoms with E-state index in [1.165, 1.54) is 24.3 Å². The first kappa shape index (κ1) is 22.6. The predicted octanol–water partition coefficient (Wildman–Crippen LogP) is 7.03. The highest BCUT2D eigenvalue weighted by atomic mass is 35.5. The van der Waals surface area contributed by atoms with Crippen molar-refractivity contribution in [1.29, 1.82) is 0 Å². The molecule has 30 heavy (non-hydrogen) atoms. The summed E-state index contributed by atoms with van der Waals surface area (Å²) in [4.78, 5) is 4.61. The van der Waals surface area contributed by atoms with Gasteiger partial charge in [-0.1, -0.05) is 23.2 Å². The van der Waals surface area contributed by atoms with Crippen LogP contribution in [0.1, 0.15) is 5.56 Å². The third-order valence-corrected chi connectivity index (χ3v) is 5.16. The molecule has 0 fully saturated rings. The molecule has 11 heteroatoms. The highest BCUT2D eigenvalue weighted by Crippen LogP contribution is 2.36. The van der Waals surface area contributed by atoms with Crippen LogP contribution < -0.4 is 14.8 Å². The van der Waals surface area contributed by atoms with Gasteiger partial charge in [-0.3, -0.25) is 0 Å². The minimum atomic E-state index is -4.82. The van der Waals surface area contributed by atoms with Crippen LogP contribution in [0.2, 0.25) is 10.0 Å². The van der Waals surface area contributed by atoms with Crippen LogP contribution in [0.25, 0.3) is 10.9 Å². The van der Waals surface area contributed by atoms with Gasteiger partial charge >= 0.3 is 6.36 Å². The Kier molecular flexibility index (Phi) is 6.76. The standard InChI is InChI=1S/C19H17Cl2F3N4OS/c1-10-8-12-15(27-30-28(2)3)6-5-13(20)17(12)26-18(10)25-11-4-7-16(14(21)9-11)29-19(22,23)24/h4-9,27H,1-3H3,(H,25,26). The Hall–Kier alpha value is -2.07. The first-order valence-electron chi connectivity index (χ1n) is 8.56. The third-order valence-electron chi connectivity index (χ3n) is 3.88. The average molecular weight is 477 g/mol. The molecule has 0 atom stereocenters. The summed E-state index contributed by atoms with van der Waals surface area (Å²) < 4.78 is 46.3. The Morgan fingerprint density at radius 3 is 2.43 bits per heavy atom. The largest absolute Gasteiger partial charge is 0.573 e. The van der Waals surface area contributed by atoms with E-state index in [-0.39, 0.29) is 5.02 Å². The molecular formula is C19H17Cl2F3N4OS. The summed E-state index contributed by atoms with van der Waals surface area (Å²) in [5, 5.41) is 4.20. The van der Waals surface area contributed by atoms with Crippen molar-refractivity contribution < 1.29 is 17.9 Å². The van der Waals surface area contributed by atoms with Crippen LogP contribution in [-0.2, 0) is 0 Å². The van der Waals surface area contributed by atoms with E-state index in [0.29, 0.717) is 22.0 Å². The quantitative estimate of drug-likeness (QED) is 0.372. The van der Waals surface area contributed by atoms with E-state index in [2.05, 4.69) is 19.8 Å². The van der Waals surface area contributed by atoms with Crippen molar-refractivity contribution in [3.8, 4) is 5.75 Å². The maximum Gasteiger partial charge on any atom is 0.573 e.